The lowest BCUT2D eigenvalue weighted by molar-refractivity contribution is 0.243. The average Bonchev–Trinajstić information content (AvgIpc) is 3.04. The predicted octanol–water partition coefficient (Wildman–Crippen LogP) is 1.31. The molecule has 0 N–H and O–H groups in total. The Morgan fingerprint density at radius 2 is 1.84 bits per heavy atom. The van der Waals surface area contributed by atoms with Crippen LogP contribution < -0.4 is 0 Å². The van der Waals surface area contributed by atoms with Crippen molar-refractivity contribution in [2.24, 2.45) is 11.8 Å². The molecule has 2 aliphatic heterocycles. The summed E-state index contributed by atoms with van der Waals surface area (Å²) in [5, 5.41) is 0. The van der Waals surface area contributed by atoms with Crippen molar-refractivity contribution in [2.45, 2.75) is 32.4 Å². The lowest BCUT2D eigenvalue weighted by atomic mass is 10.0. The molecule has 0 radical (unpaired) electrons. The molecule has 2 atom stereocenters. The summed E-state index contributed by atoms with van der Waals surface area (Å²) in [7, 11) is 0. The van der Waals surface area contributed by atoms with Crippen LogP contribution in [0.15, 0.2) is 12.4 Å². The summed E-state index contributed by atoms with van der Waals surface area (Å²) in [6.45, 7) is 8.18. The molecule has 4 rings (SSSR count). The summed E-state index contributed by atoms with van der Waals surface area (Å²) >= 11 is 0. The van der Waals surface area contributed by atoms with Gasteiger partial charge in [0.05, 0.1) is 11.4 Å². The van der Waals surface area contributed by atoms with E-state index in [9.17, 15) is 0 Å². The molecule has 2 saturated heterocycles. The van der Waals surface area contributed by atoms with Gasteiger partial charge in [0.15, 0.2) is 0 Å². The van der Waals surface area contributed by atoms with Crippen molar-refractivity contribution >= 4 is 0 Å². The minimum absolute atomic E-state index is 0.901. The van der Waals surface area contributed by atoms with Gasteiger partial charge in [-0.2, -0.15) is 0 Å². The first kappa shape index (κ1) is 11.8. The highest BCUT2D eigenvalue weighted by molar-refractivity contribution is 5.04. The maximum absolute atomic E-state index is 4.57. The van der Waals surface area contributed by atoms with Gasteiger partial charge in [-0.1, -0.05) is 0 Å². The van der Waals surface area contributed by atoms with Crippen LogP contribution in [0.1, 0.15) is 24.2 Å². The Morgan fingerprint density at radius 1 is 1.11 bits per heavy atom. The van der Waals surface area contributed by atoms with Crippen molar-refractivity contribution in [2.75, 3.05) is 26.2 Å². The molecular weight excluding hydrogens is 236 g/mol. The molecule has 1 aliphatic carbocycles. The summed E-state index contributed by atoms with van der Waals surface area (Å²) in [6.07, 6.45) is 6.64. The minimum atomic E-state index is 0.901. The molecule has 19 heavy (non-hydrogen) atoms. The predicted molar refractivity (Wildman–Crippen MR) is 73.6 cm³/mol. The number of rotatable bonds is 3. The summed E-state index contributed by atoms with van der Waals surface area (Å²) < 4.78 is 0. The van der Waals surface area contributed by atoms with E-state index in [4.69, 9.17) is 0 Å². The van der Waals surface area contributed by atoms with E-state index in [0.717, 1.165) is 35.8 Å². The van der Waals surface area contributed by atoms with Gasteiger partial charge in [0.25, 0.3) is 0 Å². The molecule has 3 fully saturated rings. The monoisotopic (exact) mass is 258 g/mol. The number of aryl methyl sites for hydroxylation is 1. The van der Waals surface area contributed by atoms with E-state index in [0.29, 0.717) is 0 Å². The fourth-order valence-electron chi connectivity index (χ4n) is 3.81. The Labute approximate surface area is 114 Å². The van der Waals surface area contributed by atoms with Gasteiger partial charge in [-0.05, 0) is 31.6 Å². The summed E-state index contributed by atoms with van der Waals surface area (Å²) in [5.41, 5.74) is 2.15. The first-order valence-corrected chi connectivity index (χ1v) is 7.52. The van der Waals surface area contributed by atoms with E-state index < -0.39 is 0 Å². The van der Waals surface area contributed by atoms with Crippen LogP contribution in [0.25, 0.3) is 0 Å². The van der Waals surface area contributed by atoms with E-state index in [-0.39, 0.29) is 0 Å². The topological polar surface area (TPSA) is 32.3 Å². The molecule has 1 aromatic rings. The zero-order valence-electron chi connectivity index (χ0n) is 11.6. The molecule has 3 aliphatic rings. The molecule has 0 bridgehead atoms. The van der Waals surface area contributed by atoms with Gasteiger partial charge in [0.1, 0.15) is 0 Å². The van der Waals surface area contributed by atoms with E-state index >= 15 is 0 Å². The quantitative estimate of drug-likeness (QED) is 0.818. The van der Waals surface area contributed by atoms with Gasteiger partial charge in [0, 0.05) is 51.2 Å². The molecule has 3 heterocycles. The largest absolute Gasteiger partial charge is 0.300 e. The highest BCUT2D eigenvalue weighted by atomic mass is 15.3. The molecule has 1 aromatic heterocycles. The SMILES string of the molecule is Cc1cncc(CN2CC3CN(C4CC4)CC3C2)n1. The maximum atomic E-state index is 4.57. The van der Waals surface area contributed by atoms with Crippen LogP contribution in [-0.2, 0) is 6.54 Å². The number of aromatic nitrogens is 2. The summed E-state index contributed by atoms with van der Waals surface area (Å²) in [5.74, 6) is 1.80. The van der Waals surface area contributed by atoms with Gasteiger partial charge in [-0.15, -0.1) is 0 Å². The molecule has 0 amide bonds. The minimum Gasteiger partial charge on any atom is -0.300 e. The van der Waals surface area contributed by atoms with Gasteiger partial charge in [0.2, 0.25) is 0 Å². The van der Waals surface area contributed by atoms with Crippen molar-refractivity contribution in [1.29, 1.82) is 0 Å². The second kappa shape index (κ2) is 4.53. The maximum Gasteiger partial charge on any atom is 0.0730 e. The van der Waals surface area contributed by atoms with Gasteiger partial charge >= 0.3 is 0 Å². The van der Waals surface area contributed by atoms with Crippen LogP contribution in [0.5, 0.6) is 0 Å². The number of hydrogen-bond acceptors (Lipinski definition) is 4. The highest BCUT2D eigenvalue weighted by Crippen LogP contribution is 2.38. The van der Waals surface area contributed by atoms with Crippen molar-refractivity contribution in [3.63, 3.8) is 0 Å². The lowest BCUT2D eigenvalue weighted by Crippen LogP contribution is -2.30. The Kier molecular flexibility index (Phi) is 2.81. The normalized spacial score (nSPS) is 31.8. The number of nitrogens with zero attached hydrogens (tertiary/aromatic N) is 4. The fraction of sp³-hybridized carbons (Fsp3) is 0.733. The van der Waals surface area contributed by atoms with Crippen LogP contribution in [0.2, 0.25) is 0 Å². The molecule has 102 valence electrons. The van der Waals surface area contributed by atoms with Gasteiger partial charge < -0.3 is 0 Å². The molecule has 1 saturated carbocycles. The average molecular weight is 258 g/mol. The van der Waals surface area contributed by atoms with Crippen LogP contribution in [-0.4, -0.2) is 52.0 Å². The molecule has 4 nitrogen and oxygen atoms in total. The molecule has 2 unspecified atom stereocenters. The van der Waals surface area contributed by atoms with Crippen LogP contribution in [0, 0.1) is 18.8 Å². The standard InChI is InChI=1S/C15H22N4/c1-11-4-16-5-14(17-11)10-18-6-12-8-19(15-2-3-15)9-13(12)7-18/h4-5,12-13,15H,2-3,6-10H2,1H3. The second-order valence-corrected chi connectivity index (χ2v) is 6.55. The lowest BCUT2D eigenvalue weighted by Gasteiger charge is -2.20. The van der Waals surface area contributed by atoms with E-state index in [1.807, 2.05) is 19.3 Å². The number of hydrogen-bond donors (Lipinski definition) is 0. The third kappa shape index (κ3) is 2.39. The van der Waals surface area contributed by atoms with Crippen molar-refractivity contribution in [3.8, 4) is 0 Å². The Hall–Kier alpha value is -1.00. The molecule has 0 spiro atoms. The van der Waals surface area contributed by atoms with Crippen molar-refractivity contribution in [1.82, 2.24) is 19.8 Å². The molecular formula is C15H22N4. The number of fused-ring (bicyclic) bond motifs is 1. The fourth-order valence-corrected chi connectivity index (χ4v) is 3.81. The smallest absolute Gasteiger partial charge is 0.0730 e. The van der Waals surface area contributed by atoms with Gasteiger partial charge in [-0.3, -0.25) is 19.8 Å². The van der Waals surface area contributed by atoms with E-state index in [2.05, 4.69) is 19.8 Å². The Balaban J connectivity index is 1.36. The van der Waals surface area contributed by atoms with Gasteiger partial charge in [-0.25, -0.2) is 0 Å². The van der Waals surface area contributed by atoms with Crippen LogP contribution in [0.4, 0.5) is 0 Å². The highest BCUT2D eigenvalue weighted by Gasteiger charge is 2.44. The van der Waals surface area contributed by atoms with E-state index in [1.54, 1.807) is 0 Å². The Bertz CT molecular complexity index is 457. The molecule has 4 heteroatoms. The zero-order chi connectivity index (χ0) is 12.8. The first-order valence-electron chi connectivity index (χ1n) is 7.52. The zero-order valence-corrected chi connectivity index (χ0v) is 11.6. The van der Waals surface area contributed by atoms with Crippen LogP contribution in [0.3, 0.4) is 0 Å². The van der Waals surface area contributed by atoms with Crippen LogP contribution >= 0.6 is 0 Å². The van der Waals surface area contributed by atoms with E-state index in [1.165, 1.54) is 39.0 Å². The summed E-state index contributed by atoms with van der Waals surface area (Å²) in [4.78, 5) is 14.1. The summed E-state index contributed by atoms with van der Waals surface area (Å²) in [6, 6.07) is 0.946. The van der Waals surface area contributed by atoms with Crippen molar-refractivity contribution in [3.05, 3.63) is 23.8 Å². The van der Waals surface area contributed by atoms with Crippen molar-refractivity contribution < 1.29 is 0 Å². The molecule has 0 aromatic carbocycles. The number of likely N-dealkylation sites (tertiary alicyclic amines) is 2. The third-order valence-electron chi connectivity index (χ3n) is 4.84. The first-order chi connectivity index (χ1) is 9.28. The second-order valence-electron chi connectivity index (χ2n) is 6.55. The Morgan fingerprint density at radius 3 is 2.47 bits per heavy atom. The third-order valence-corrected chi connectivity index (χ3v) is 4.84.